The molecule has 1 heterocycles. The third-order valence-electron chi connectivity index (χ3n) is 4.25. The summed E-state index contributed by atoms with van der Waals surface area (Å²) in [5, 5.41) is 10.8. The maximum atomic E-state index is 13.1. The number of fused-ring (bicyclic) bond motifs is 1. The number of hydrogen-bond donors (Lipinski definition) is 1. The zero-order valence-corrected chi connectivity index (χ0v) is 13.5. The topological polar surface area (TPSA) is 50.4 Å². The SMILES string of the molecule is O=C(c1ccccc1O)c1c(Cc2ccccc2)oc2ccccc12. The van der Waals surface area contributed by atoms with Gasteiger partial charge in [-0.2, -0.15) is 0 Å². The van der Waals surface area contributed by atoms with Crippen LogP contribution in [0.5, 0.6) is 5.75 Å². The number of rotatable bonds is 4. The van der Waals surface area contributed by atoms with Gasteiger partial charge in [-0.05, 0) is 23.8 Å². The first kappa shape index (κ1) is 15.2. The number of carbonyl (C=O) groups is 1. The number of para-hydroxylation sites is 2. The Hall–Kier alpha value is -3.33. The van der Waals surface area contributed by atoms with Crippen molar-refractivity contribution in [3.63, 3.8) is 0 Å². The molecule has 3 nitrogen and oxygen atoms in total. The van der Waals surface area contributed by atoms with Crippen LogP contribution in [0.25, 0.3) is 11.0 Å². The molecule has 3 heteroatoms. The van der Waals surface area contributed by atoms with Gasteiger partial charge in [-0.25, -0.2) is 0 Å². The Kier molecular flexibility index (Phi) is 3.82. The molecule has 0 aliphatic rings. The van der Waals surface area contributed by atoms with Gasteiger partial charge in [0.25, 0.3) is 0 Å². The summed E-state index contributed by atoms with van der Waals surface area (Å²) in [4.78, 5) is 13.1. The zero-order chi connectivity index (χ0) is 17.2. The molecule has 25 heavy (non-hydrogen) atoms. The van der Waals surface area contributed by atoms with E-state index in [0.717, 1.165) is 10.9 Å². The van der Waals surface area contributed by atoms with Crippen molar-refractivity contribution in [3.8, 4) is 5.75 Å². The third-order valence-corrected chi connectivity index (χ3v) is 4.25. The van der Waals surface area contributed by atoms with Crippen LogP contribution in [0.2, 0.25) is 0 Å². The second-order valence-electron chi connectivity index (χ2n) is 5.91. The highest BCUT2D eigenvalue weighted by Gasteiger charge is 2.23. The van der Waals surface area contributed by atoms with Crippen LogP contribution in [0.15, 0.2) is 83.3 Å². The fraction of sp³-hybridized carbons (Fsp3) is 0.0455. The molecule has 0 aliphatic heterocycles. The molecule has 0 atom stereocenters. The number of benzene rings is 3. The minimum absolute atomic E-state index is 0.0246. The van der Waals surface area contributed by atoms with Crippen LogP contribution in [0.3, 0.4) is 0 Å². The van der Waals surface area contributed by atoms with Crippen LogP contribution < -0.4 is 0 Å². The number of hydrogen-bond acceptors (Lipinski definition) is 3. The first-order valence-electron chi connectivity index (χ1n) is 8.11. The number of furan rings is 1. The molecular weight excluding hydrogens is 312 g/mol. The lowest BCUT2D eigenvalue weighted by atomic mass is 9.97. The average Bonchev–Trinajstić information content (AvgIpc) is 3.00. The van der Waals surface area contributed by atoms with Gasteiger partial charge >= 0.3 is 0 Å². The van der Waals surface area contributed by atoms with Gasteiger partial charge in [-0.15, -0.1) is 0 Å². The van der Waals surface area contributed by atoms with Crippen molar-refractivity contribution in [3.05, 3.63) is 101 Å². The van der Waals surface area contributed by atoms with E-state index in [1.54, 1.807) is 18.2 Å². The monoisotopic (exact) mass is 328 g/mol. The highest BCUT2D eigenvalue weighted by Crippen LogP contribution is 2.31. The molecule has 0 saturated carbocycles. The molecule has 0 amide bonds. The Bertz CT molecular complexity index is 1050. The Balaban J connectivity index is 1.88. The van der Waals surface area contributed by atoms with Gasteiger partial charge in [0.05, 0.1) is 11.1 Å². The quantitative estimate of drug-likeness (QED) is 0.539. The Morgan fingerprint density at radius 1 is 0.840 bits per heavy atom. The van der Waals surface area contributed by atoms with Crippen molar-refractivity contribution in [1.82, 2.24) is 0 Å². The lowest BCUT2D eigenvalue weighted by molar-refractivity contribution is 0.103. The van der Waals surface area contributed by atoms with Crippen LogP contribution in [0.1, 0.15) is 27.2 Å². The van der Waals surface area contributed by atoms with Crippen LogP contribution >= 0.6 is 0 Å². The largest absolute Gasteiger partial charge is 0.507 e. The van der Waals surface area contributed by atoms with E-state index in [9.17, 15) is 9.90 Å². The van der Waals surface area contributed by atoms with E-state index in [0.29, 0.717) is 23.3 Å². The lowest BCUT2D eigenvalue weighted by Gasteiger charge is -2.05. The molecule has 4 rings (SSSR count). The first-order chi connectivity index (χ1) is 12.2. The van der Waals surface area contributed by atoms with Gasteiger partial charge in [-0.1, -0.05) is 60.7 Å². The predicted octanol–water partition coefficient (Wildman–Crippen LogP) is 4.96. The molecule has 0 aliphatic carbocycles. The molecule has 0 spiro atoms. The van der Waals surface area contributed by atoms with Crippen molar-refractivity contribution in [2.75, 3.05) is 0 Å². The summed E-state index contributed by atoms with van der Waals surface area (Å²) < 4.78 is 5.98. The average molecular weight is 328 g/mol. The van der Waals surface area contributed by atoms with E-state index in [-0.39, 0.29) is 17.1 Å². The molecule has 122 valence electrons. The highest BCUT2D eigenvalue weighted by atomic mass is 16.3. The Morgan fingerprint density at radius 3 is 2.32 bits per heavy atom. The molecule has 1 aromatic heterocycles. The normalized spacial score (nSPS) is 10.9. The van der Waals surface area contributed by atoms with E-state index in [2.05, 4.69) is 0 Å². The number of ketones is 1. The second kappa shape index (κ2) is 6.29. The minimum atomic E-state index is -0.228. The van der Waals surface area contributed by atoms with Crippen molar-refractivity contribution in [2.45, 2.75) is 6.42 Å². The highest BCUT2D eigenvalue weighted by molar-refractivity contribution is 6.18. The molecule has 0 fully saturated rings. The molecular formula is C22H16O3. The number of aromatic hydroxyl groups is 1. The summed E-state index contributed by atoms with van der Waals surface area (Å²) in [5.74, 6) is 0.359. The molecule has 4 aromatic rings. The molecule has 1 N–H and O–H groups in total. The first-order valence-corrected chi connectivity index (χ1v) is 8.11. The second-order valence-corrected chi connectivity index (χ2v) is 5.91. The summed E-state index contributed by atoms with van der Waals surface area (Å²) in [7, 11) is 0. The lowest BCUT2D eigenvalue weighted by Crippen LogP contribution is -2.04. The smallest absolute Gasteiger partial charge is 0.200 e. The summed E-state index contributed by atoms with van der Waals surface area (Å²) in [6.45, 7) is 0. The summed E-state index contributed by atoms with van der Waals surface area (Å²) >= 11 is 0. The molecule has 3 aromatic carbocycles. The minimum Gasteiger partial charge on any atom is -0.507 e. The van der Waals surface area contributed by atoms with Crippen molar-refractivity contribution >= 4 is 16.8 Å². The van der Waals surface area contributed by atoms with Gasteiger partial charge in [0.2, 0.25) is 5.78 Å². The Morgan fingerprint density at radius 2 is 1.52 bits per heavy atom. The number of phenolic OH excluding ortho intramolecular Hbond substituents is 1. The van der Waals surface area contributed by atoms with Crippen molar-refractivity contribution in [1.29, 1.82) is 0 Å². The third kappa shape index (κ3) is 2.81. The van der Waals surface area contributed by atoms with E-state index in [1.807, 2.05) is 54.6 Å². The Labute approximate surface area is 145 Å². The molecule has 0 saturated heterocycles. The molecule has 0 bridgehead atoms. The van der Waals surface area contributed by atoms with E-state index in [4.69, 9.17) is 4.42 Å². The summed E-state index contributed by atoms with van der Waals surface area (Å²) in [6, 6.07) is 24.0. The van der Waals surface area contributed by atoms with Crippen LogP contribution in [-0.4, -0.2) is 10.9 Å². The van der Waals surface area contributed by atoms with Gasteiger partial charge in [0.1, 0.15) is 17.1 Å². The fourth-order valence-electron chi connectivity index (χ4n) is 3.05. The van der Waals surface area contributed by atoms with Crippen molar-refractivity contribution < 1.29 is 14.3 Å². The predicted molar refractivity (Wildman–Crippen MR) is 97.0 cm³/mol. The summed E-state index contributed by atoms with van der Waals surface area (Å²) in [6.07, 6.45) is 0.518. The molecule has 0 unspecified atom stereocenters. The number of carbonyl (C=O) groups excluding carboxylic acids is 1. The van der Waals surface area contributed by atoms with E-state index >= 15 is 0 Å². The number of phenols is 1. The van der Waals surface area contributed by atoms with Crippen LogP contribution in [0.4, 0.5) is 0 Å². The van der Waals surface area contributed by atoms with E-state index < -0.39 is 0 Å². The zero-order valence-electron chi connectivity index (χ0n) is 13.5. The van der Waals surface area contributed by atoms with Gasteiger partial charge < -0.3 is 9.52 Å². The van der Waals surface area contributed by atoms with Gasteiger partial charge in [0.15, 0.2) is 0 Å². The standard InChI is InChI=1S/C22H16O3/c23-18-12-6-4-10-16(18)22(24)21-17-11-5-7-13-19(17)25-20(21)14-15-8-2-1-3-9-15/h1-13,23H,14H2. The van der Waals surface area contributed by atoms with Gasteiger partial charge in [-0.3, -0.25) is 4.79 Å². The maximum Gasteiger partial charge on any atom is 0.200 e. The van der Waals surface area contributed by atoms with Gasteiger partial charge in [0, 0.05) is 11.8 Å². The van der Waals surface area contributed by atoms with Crippen molar-refractivity contribution in [2.24, 2.45) is 0 Å². The van der Waals surface area contributed by atoms with E-state index in [1.165, 1.54) is 6.07 Å². The maximum absolute atomic E-state index is 13.1. The summed E-state index contributed by atoms with van der Waals surface area (Å²) in [5.41, 5.74) is 2.53. The molecule has 0 radical (unpaired) electrons. The fourth-order valence-corrected chi connectivity index (χ4v) is 3.05. The van der Waals surface area contributed by atoms with Crippen LogP contribution in [0, 0.1) is 0 Å². The van der Waals surface area contributed by atoms with Crippen LogP contribution in [-0.2, 0) is 6.42 Å².